The fraction of sp³-hybridized carbons (Fsp3) is 0.134. The second kappa shape index (κ2) is 38.1. The van der Waals surface area contributed by atoms with E-state index < -0.39 is 0 Å². The summed E-state index contributed by atoms with van der Waals surface area (Å²) in [6, 6.07) is 167. The minimum Gasteiger partial charge on any atom is -0.310 e. The number of nitrogens with zero attached hydrogens (tertiary/aromatic N) is 4. The Morgan fingerprint density at radius 3 is 0.514 bits per heavy atom. The number of hydrogen-bond acceptors (Lipinski definition) is 4. The van der Waals surface area contributed by atoms with E-state index in [1.165, 1.54) is 176 Å². The summed E-state index contributed by atoms with van der Waals surface area (Å²) in [7, 11) is 0. The maximum Gasteiger partial charge on any atom is 0.0543 e. The molecule has 4 nitrogen and oxygen atoms in total. The quantitative estimate of drug-likeness (QED) is 0.0559. The van der Waals surface area contributed by atoms with Gasteiger partial charge in [0, 0.05) is 67.0 Å². The van der Waals surface area contributed by atoms with Crippen LogP contribution in [-0.2, 0) is 0 Å². The Hall–Kier alpha value is -15.9. The Bertz CT molecular complexity index is 7450. The highest BCUT2D eigenvalue weighted by Crippen LogP contribution is 2.56. The summed E-state index contributed by atoms with van der Waals surface area (Å²) in [5.74, 6) is 1.98. The van der Waals surface area contributed by atoms with Gasteiger partial charge in [0.15, 0.2) is 0 Å². The number of rotatable bonds is 24. The molecule has 138 heavy (non-hydrogen) atoms. The number of hydrogen-bond donors (Lipinski definition) is 0. The maximum absolute atomic E-state index is 2.51. The van der Waals surface area contributed by atoms with E-state index in [1.807, 2.05) is 0 Å². The van der Waals surface area contributed by atoms with Crippen molar-refractivity contribution in [3.8, 4) is 66.8 Å². The first-order valence-electron chi connectivity index (χ1n) is 49.3. The zero-order valence-electron chi connectivity index (χ0n) is 81.0. The third-order valence-corrected chi connectivity index (χ3v) is 28.2. The molecule has 0 amide bonds. The highest BCUT2D eigenvalue weighted by Gasteiger charge is 2.31. The first-order chi connectivity index (χ1) is 67.4. The van der Waals surface area contributed by atoms with Gasteiger partial charge in [-0.15, -0.1) is 0 Å². The van der Waals surface area contributed by atoms with Gasteiger partial charge in [-0.3, -0.25) is 0 Å². The second-order valence-electron chi connectivity index (χ2n) is 39.0. The van der Waals surface area contributed by atoms with Crippen molar-refractivity contribution < 1.29 is 0 Å². The average Bonchev–Trinajstić information content (AvgIpc) is 0.707. The predicted octanol–water partition coefficient (Wildman–Crippen LogP) is 39.8. The van der Waals surface area contributed by atoms with Crippen molar-refractivity contribution in [2.45, 2.75) is 119 Å². The lowest BCUT2D eigenvalue weighted by Crippen LogP contribution is -2.13. The topological polar surface area (TPSA) is 13.0 Å². The van der Waals surface area contributed by atoms with Crippen molar-refractivity contribution in [1.82, 2.24) is 0 Å². The van der Waals surface area contributed by atoms with Gasteiger partial charge in [-0.05, 0) is 312 Å². The van der Waals surface area contributed by atoms with Crippen LogP contribution in [0, 0.1) is 0 Å². The molecule has 0 bridgehead atoms. The van der Waals surface area contributed by atoms with Crippen LogP contribution in [0.2, 0.25) is 0 Å². The lowest BCUT2D eigenvalue weighted by Gasteiger charge is -2.32. The molecule has 0 saturated heterocycles. The molecule has 22 aromatic rings. The van der Waals surface area contributed by atoms with Crippen LogP contribution in [0.15, 0.2) is 449 Å². The lowest BCUT2D eigenvalue weighted by molar-refractivity contribution is 0.866. The summed E-state index contributed by atoms with van der Waals surface area (Å²) in [5.41, 5.74) is 36.0. The van der Waals surface area contributed by atoms with Gasteiger partial charge < -0.3 is 19.6 Å². The van der Waals surface area contributed by atoms with Crippen molar-refractivity contribution in [1.29, 1.82) is 0 Å². The third-order valence-electron chi connectivity index (χ3n) is 28.2. The average molecular weight is 1780 g/mol. The van der Waals surface area contributed by atoms with Crippen molar-refractivity contribution in [2.24, 2.45) is 0 Å². The largest absolute Gasteiger partial charge is 0.310 e. The van der Waals surface area contributed by atoms with Gasteiger partial charge in [0.2, 0.25) is 0 Å². The summed E-state index contributed by atoms with van der Waals surface area (Å²) in [6.45, 7) is 27.8. The minimum atomic E-state index is 0.253. The Labute approximate surface area is 814 Å². The second-order valence-corrected chi connectivity index (χ2v) is 39.0. The summed E-state index contributed by atoms with van der Waals surface area (Å²) in [5, 5.41) is 15.4. The van der Waals surface area contributed by atoms with E-state index >= 15 is 0 Å². The monoisotopic (exact) mass is 1780 g/mol. The molecule has 0 aliphatic heterocycles. The molecule has 0 unspecified atom stereocenters. The molecule has 672 valence electrons. The minimum absolute atomic E-state index is 0.253. The molecule has 0 heterocycles. The predicted molar refractivity (Wildman–Crippen MR) is 596 cm³/mol. The molecule has 0 saturated carbocycles. The Morgan fingerprint density at radius 1 is 0.130 bits per heavy atom. The summed E-state index contributed by atoms with van der Waals surface area (Å²) >= 11 is 0. The molecule has 0 fully saturated rings. The summed E-state index contributed by atoms with van der Waals surface area (Å²) in [6.07, 6.45) is 0. The van der Waals surface area contributed by atoms with E-state index in [4.69, 9.17) is 0 Å². The van der Waals surface area contributed by atoms with Gasteiger partial charge in [-0.25, -0.2) is 0 Å². The Morgan fingerprint density at radius 2 is 0.304 bits per heavy atom. The van der Waals surface area contributed by atoms with Crippen LogP contribution in [0.25, 0.3) is 131 Å². The van der Waals surface area contributed by atoms with Crippen LogP contribution >= 0.6 is 0 Å². The van der Waals surface area contributed by atoms with E-state index in [0.717, 1.165) is 56.9 Å². The maximum atomic E-state index is 2.51. The first kappa shape index (κ1) is 88.7. The third kappa shape index (κ3) is 17.1. The van der Waals surface area contributed by atoms with Gasteiger partial charge in [-0.2, -0.15) is 0 Å². The van der Waals surface area contributed by atoms with Crippen LogP contribution in [0.4, 0.5) is 68.2 Å². The van der Waals surface area contributed by atoms with Gasteiger partial charge >= 0.3 is 0 Å². The van der Waals surface area contributed by atoms with Gasteiger partial charge in [-0.1, -0.05) is 399 Å². The molecule has 0 atom stereocenters. The smallest absolute Gasteiger partial charge is 0.0543 e. The molecule has 4 heteroatoms. The van der Waals surface area contributed by atoms with Crippen molar-refractivity contribution >= 4 is 133 Å². The van der Waals surface area contributed by atoms with E-state index in [2.05, 4.69) is 552 Å². The molecule has 22 rings (SSSR count). The van der Waals surface area contributed by atoms with E-state index in [9.17, 15) is 0 Å². The summed E-state index contributed by atoms with van der Waals surface area (Å²) < 4.78 is 0. The Balaban J connectivity index is 0.000000165. The van der Waals surface area contributed by atoms with Crippen molar-refractivity contribution in [3.63, 3.8) is 0 Å². The highest BCUT2D eigenvalue weighted by molar-refractivity contribution is 6.31. The zero-order chi connectivity index (χ0) is 94.3. The summed E-state index contributed by atoms with van der Waals surface area (Å²) in [4.78, 5) is 10.0. The molecule has 22 aromatic carbocycles. The van der Waals surface area contributed by atoms with Crippen LogP contribution in [0.5, 0.6) is 0 Å². The van der Waals surface area contributed by atoms with Crippen molar-refractivity contribution in [2.75, 3.05) is 19.6 Å². The van der Waals surface area contributed by atoms with Gasteiger partial charge in [0.05, 0.1) is 22.7 Å². The van der Waals surface area contributed by atoms with Crippen LogP contribution in [0.1, 0.15) is 152 Å². The molecular weight excluding hydrogens is 1670 g/mol. The van der Waals surface area contributed by atoms with Crippen LogP contribution < -0.4 is 19.6 Å². The zero-order valence-corrected chi connectivity index (χ0v) is 81.0. The molecule has 0 radical (unpaired) electrons. The van der Waals surface area contributed by atoms with Crippen LogP contribution in [-0.4, -0.2) is 0 Å². The molecule has 0 N–H and O–H groups in total. The standard InChI is InChI=1S/C70H56N2.C64H60N2/c1-47(2)65-45-67(71(57-31-19-9-20-32-57)59-41-53(49-23-11-5-12-24-49)39-54(42-59)50-25-13-6-14-26-50)63-38-36-62-66(48(3)4)46-68(64-37-35-61(65)69(63)70(62)64)72(58-33-21-10-22-34-58)60-43-55(51-27-15-7-16-28-51)40-56(44-60)52-29-17-8-18-30-52;1-41(2)45-19-27-51(28-20-45)65(53-31-23-49(24-32-53)47-15-11-9-12-16-47)61-39-59(43(5)6)55-36-38-58-62(40-60(44(7)8)56-35-37-57(61)63(55)64(56)58)66(52-29-21-46(22-30-52)42(3)4)54-33-25-50(26-34-54)48-17-13-10-14-18-48/h5-48H,1-4H3;9-44H,1-8H3. The van der Waals surface area contributed by atoms with E-state index in [1.54, 1.807) is 0 Å². The van der Waals surface area contributed by atoms with Crippen molar-refractivity contribution in [3.05, 3.63) is 482 Å². The van der Waals surface area contributed by atoms with Crippen LogP contribution in [0.3, 0.4) is 0 Å². The molecule has 0 spiro atoms. The molecule has 0 aliphatic carbocycles. The highest BCUT2D eigenvalue weighted by atomic mass is 15.2. The molecule has 0 aromatic heterocycles. The number of para-hydroxylation sites is 2. The normalized spacial score (nSPS) is 11.7. The fourth-order valence-electron chi connectivity index (χ4n) is 21.1. The van der Waals surface area contributed by atoms with E-state index in [0.29, 0.717) is 23.7 Å². The van der Waals surface area contributed by atoms with Gasteiger partial charge in [0.25, 0.3) is 0 Å². The van der Waals surface area contributed by atoms with Gasteiger partial charge in [0.1, 0.15) is 0 Å². The fourth-order valence-corrected chi connectivity index (χ4v) is 21.1. The Kier molecular flexibility index (Phi) is 24.5. The van der Waals surface area contributed by atoms with E-state index in [-0.39, 0.29) is 11.8 Å². The lowest BCUT2D eigenvalue weighted by atomic mass is 9.84. The number of benzene rings is 22. The SMILES string of the molecule is CC(C)c1cc(N(c2ccccc2)c2cc(-c3ccccc3)cc(-c3ccccc3)c2)c2ccc3c(C(C)C)cc(N(c4ccccc4)c4cc(-c5ccccc5)cc(-c5ccccc5)c4)c4ccc1c2c34.CC(C)c1ccc(N(c2ccc(-c3ccccc3)cc2)c2cc(C(C)C)c3ccc4c(N(c5ccc(-c6ccccc6)cc5)c5ccc(C(C)C)cc5)cc(C(C)C)c5ccc2c3c54)cc1. The molecule has 0 aliphatic rings. The first-order valence-corrected chi connectivity index (χ1v) is 49.3. The molecular formula is C134H116N4. The number of anilines is 12.